The van der Waals surface area contributed by atoms with Crippen LogP contribution in [0.2, 0.25) is 0 Å². The van der Waals surface area contributed by atoms with Crippen molar-refractivity contribution in [2.75, 3.05) is 29.5 Å². The van der Waals surface area contributed by atoms with E-state index < -0.39 is 26.9 Å². The summed E-state index contributed by atoms with van der Waals surface area (Å²) in [4.78, 5) is 20.2. The van der Waals surface area contributed by atoms with E-state index in [2.05, 4.69) is 11.1 Å². The molecule has 0 radical (unpaired) electrons. The second-order valence-corrected chi connectivity index (χ2v) is 14.0. The van der Waals surface area contributed by atoms with Gasteiger partial charge in [-0.25, -0.2) is 22.2 Å². The second kappa shape index (κ2) is 11.4. The van der Waals surface area contributed by atoms with Crippen molar-refractivity contribution in [2.24, 2.45) is 11.3 Å². The highest BCUT2D eigenvalue weighted by molar-refractivity contribution is 7.91. The average molecular weight is 582 g/mol. The SMILES string of the molecule is CC(C)(C#N)CC(=O)[C@@H]1CCCC[C@H]1c1oc(-c2ccc(F)cc2F)nc1-c1ccc(N2CCS(=O)(=O)CC2)cc1. The van der Waals surface area contributed by atoms with E-state index in [4.69, 9.17) is 4.42 Å². The molecule has 0 amide bonds. The number of aromatic nitrogens is 1. The fourth-order valence-electron chi connectivity index (χ4n) is 5.81. The Bertz CT molecular complexity index is 1580. The summed E-state index contributed by atoms with van der Waals surface area (Å²) < 4.78 is 58.4. The predicted molar refractivity (Wildman–Crippen MR) is 152 cm³/mol. The van der Waals surface area contributed by atoms with Gasteiger partial charge in [0, 0.05) is 48.7 Å². The quantitative estimate of drug-likeness (QED) is 0.322. The third-order valence-corrected chi connectivity index (χ3v) is 9.71. The third-order valence-electron chi connectivity index (χ3n) is 8.10. The van der Waals surface area contributed by atoms with Gasteiger partial charge in [0.2, 0.25) is 5.89 Å². The molecule has 41 heavy (non-hydrogen) atoms. The van der Waals surface area contributed by atoms with Crippen molar-refractivity contribution in [1.82, 2.24) is 4.98 Å². The fourth-order valence-corrected chi connectivity index (χ4v) is 7.01. The molecule has 3 aromatic rings. The molecule has 0 N–H and O–H groups in total. The van der Waals surface area contributed by atoms with Crippen LogP contribution in [0.4, 0.5) is 14.5 Å². The smallest absolute Gasteiger partial charge is 0.229 e. The molecule has 5 rings (SSSR count). The van der Waals surface area contributed by atoms with Crippen LogP contribution in [0.25, 0.3) is 22.7 Å². The van der Waals surface area contributed by atoms with E-state index in [0.29, 0.717) is 42.9 Å². The number of nitrogens with zero attached hydrogens (tertiary/aromatic N) is 3. The summed E-state index contributed by atoms with van der Waals surface area (Å²) in [6, 6.07) is 12.9. The maximum atomic E-state index is 14.8. The van der Waals surface area contributed by atoms with Gasteiger partial charge in [0.25, 0.3) is 0 Å². The normalized spacial score (nSPS) is 20.9. The number of Topliss-reactive ketones (excluding diaryl/α,β-unsaturated/α-hetero) is 1. The Morgan fingerprint density at radius 3 is 2.44 bits per heavy atom. The average Bonchev–Trinajstić information content (AvgIpc) is 3.38. The van der Waals surface area contributed by atoms with Gasteiger partial charge in [0.15, 0.2) is 9.84 Å². The lowest BCUT2D eigenvalue weighted by Crippen LogP contribution is -2.40. The van der Waals surface area contributed by atoms with Crippen molar-refractivity contribution < 1.29 is 26.4 Å². The number of sulfone groups is 1. The zero-order valence-electron chi connectivity index (χ0n) is 23.2. The van der Waals surface area contributed by atoms with Gasteiger partial charge < -0.3 is 9.32 Å². The minimum atomic E-state index is -3.01. The van der Waals surface area contributed by atoms with E-state index >= 15 is 0 Å². The summed E-state index contributed by atoms with van der Waals surface area (Å²) in [5.41, 5.74) is 1.30. The van der Waals surface area contributed by atoms with Gasteiger partial charge in [-0.05, 0) is 51.0 Å². The highest BCUT2D eigenvalue weighted by Crippen LogP contribution is 2.45. The lowest BCUT2D eigenvalue weighted by atomic mass is 9.72. The minimum absolute atomic E-state index is 0.00601. The number of carbonyl (C=O) groups excluding carboxylic acids is 1. The molecule has 7 nitrogen and oxygen atoms in total. The molecule has 1 saturated carbocycles. The first-order valence-corrected chi connectivity index (χ1v) is 15.7. The largest absolute Gasteiger partial charge is 0.440 e. The zero-order chi connectivity index (χ0) is 29.4. The number of hydrogen-bond donors (Lipinski definition) is 0. The molecule has 2 heterocycles. The highest BCUT2D eigenvalue weighted by atomic mass is 32.2. The van der Waals surface area contributed by atoms with Gasteiger partial charge in [-0.3, -0.25) is 4.79 Å². The molecule has 0 bridgehead atoms. The topological polar surface area (TPSA) is 104 Å². The molecule has 2 aliphatic rings. The number of hydrogen-bond acceptors (Lipinski definition) is 7. The lowest BCUT2D eigenvalue weighted by molar-refractivity contribution is -0.126. The number of anilines is 1. The highest BCUT2D eigenvalue weighted by Gasteiger charge is 2.38. The summed E-state index contributed by atoms with van der Waals surface area (Å²) in [5.74, 6) is -1.50. The fraction of sp³-hybridized carbons (Fsp3) is 0.452. The van der Waals surface area contributed by atoms with Crippen LogP contribution in [0.15, 0.2) is 46.9 Å². The maximum Gasteiger partial charge on any atom is 0.229 e. The number of halogens is 2. The molecule has 2 aromatic carbocycles. The molecule has 216 valence electrons. The van der Waals surface area contributed by atoms with Crippen LogP contribution in [0.5, 0.6) is 0 Å². The monoisotopic (exact) mass is 581 g/mol. The van der Waals surface area contributed by atoms with Gasteiger partial charge in [0.1, 0.15) is 28.9 Å². The Balaban J connectivity index is 1.54. The van der Waals surface area contributed by atoms with Crippen molar-refractivity contribution in [3.05, 3.63) is 59.9 Å². The number of carbonyl (C=O) groups is 1. The van der Waals surface area contributed by atoms with Crippen LogP contribution in [-0.2, 0) is 14.6 Å². The minimum Gasteiger partial charge on any atom is -0.440 e. The lowest BCUT2D eigenvalue weighted by Gasteiger charge is -2.31. The summed E-state index contributed by atoms with van der Waals surface area (Å²) >= 11 is 0. The molecule has 2 atom stereocenters. The molecule has 0 spiro atoms. The Kier molecular flexibility index (Phi) is 8.02. The van der Waals surface area contributed by atoms with Gasteiger partial charge in [-0.1, -0.05) is 25.0 Å². The number of nitriles is 1. The van der Waals surface area contributed by atoms with E-state index in [9.17, 15) is 27.3 Å². The summed E-state index contributed by atoms with van der Waals surface area (Å²) in [5, 5.41) is 9.51. The molecule has 1 saturated heterocycles. The van der Waals surface area contributed by atoms with E-state index in [1.165, 1.54) is 6.07 Å². The van der Waals surface area contributed by atoms with Crippen LogP contribution in [0.3, 0.4) is 0 Å². The van der Waals surface area contributed by atoms with Crippen molar-refractivity contribution in [2.45, 2.75) is 51.9 Å². The van der Waals surface area contributed by atoms with Crippen molar-refractivity contribution >= 4 is 21.3 Å². The molecule has 2 fully saturated rings. The van der Waals surface area contributed by atoms with Crippen LogP contribution in [0, 0.1) is 34.3 Å². The number of oxazole rings is 1. The third kappa shape index (κ3) is 6.35. The Morgan fingerprint density at radius 2 is 1.78 bits per heavy atom. The van der Waals surface area contributed by atoms with E-state index in [-0.39, 0.29) is 47.0 Å². The number of rotatable bonds is 7. The van der Waals surface area contributed by atoms with Crippen LogP contribution in [0.1, 0.15) is 57.6 Å². The second-order valence-electron chi connectivity index (χ2n) is 11.7. The summed E-state index contributed by atoms with van der Waals surface area (Å²) in [6.45, 7) is 4.32. The van der Waals surface area contributed by atoms with Crippen molar-refractivity contribution in [3.63, 3.8) is 0 Å². The summed E-state index contributed by atoms with van der Waals surface area (Å²) in [6.07, 6.45) is 3.21. The molecule has 1 aromatic heterocycles. The first-order valence-electron chi connectivity index (χ1n) is 13.9. The van der Waals surface area contributed by atoms with E-state index in [1.807, 2.05) is 29.2 Å². The molecule has 1 aliphatic carbocycles. The molecular formula is C31H33F2N3O4S. The number of benzene rings is 2. The molecule has 1 aliphatic heterocycles. The Labute approximate surface area is 239 Å². The summed E-state index contributed by atoms with van der Waals surface area (Å²) in [7, 11) is -3.01. The zero-order valence-corrected chi connectivity index (χ0v) is 24.0. The van der Waals surface area contributed by atoms with Crippen molar-refractivity contribution in [1.29, 1.82) is 5.26 Å². The van der Waals surface area contributed by atoms with Crippen LogP contribution in [-0.4, -0.2) is 43.8 Å². The van der Waals surface area contributed by atoms with Crippen LogP contribution >= 0.6 is 0 Å². The molecular weight excluding hydrogens is 548 g/mol. The predicted octanol–water partition coefficient (Wildman–Crippen LogP) is 6.30. The van der Waals surface area contributed by atoms with Crippen LogP contribution < -0.4 is 4.90 Å². The maximum absolute atomic E-state index is 14.8. The van der Waals surface area contributed by atoms with Gasteiger partial charge >= 0.3 is 0 Å². The molecule has 10 heteroatoms. The Hall–Kier alpha value is -3.58. The first-order chi connectivity index (χ1) is 19.5. The first kappa shape index (κ1) is 28.9. The van der Waals surface area contributed by atoms with Crippen molar-refractivity contribution in [3.8, 4) is 28.8 Å². The van der Waals surface area contributed by atoms with Gasteiger partial charge in [0.05, 0.1) is 28.6 Å². The van der Waals surface area contributed by atoms with E-state index in [0.717, 1.165) is 30.7 Å². The Morgan fingerprint density at radius 1 is 1.10 bits per heavy atom. The van der Waals surface area contributed by atoms with Gasteiger partial charge in [-0.2, -0.15) is 5.26 Å². The molecule has 0 unspecified atom stereocenters. The van der Waals surface area contributed by atoms with Gasteiger partial charge in [-0.15, -0.1) is 0 Å². The number of ketones is 1. The van der Waals surface area contributed by atoms with E-state index in [1.54, 1.807) is 13.8 Å². The standard InChI is InChI=1S/C31H33F2N3O4S/c1-31(2,19-34)18-27(37)23-5-3-4-6-24(23)29-28(35-30(40-29)25-12-9-21(32)17-26(25)33)20-7-10-22(11-8-20)36-13-15-41(38,39)16-14-36/h7-12,17,23-24H,3-6,13-16,18H2,1-2H3/t23-,24-/m1/s1.